The number of hydrogen-bond acceptors (Lipinski definition) is 3. The van der Waals surface area contributed by atoms with Crippen LogP contribution in [0.4, 0.5) is 0 Å². The molecule has 3 rings (SSSR count). The standard InChI is InChI=1S/C23H23ClN4OS/c24-21-11-5-4-10-20(21)14-26-22(29)15-27-23(30)28(16-18-7-2-1-3-8-18)17-19-9-6-12-25-13-19/h1-13H,14-17H2,(H,26,29)(H,27,30). The SMILES string of the molecule is O=C(CNC(=S)N(Cc1ccccc1)Cc1cccnc1)NCc1ccccc1Cl. The zero-order valence-corrected chi connectivity index (χ0v) is 18.0. The van der Waals surface area contributed by atoms with E-state index in [1.807, 2.05) is 59.6 Å². The summed E-state index contributed by atoms with van der Waals surface area (Å²) in [5, 5.41) is 7.07. The van der Waals surface area contributed by atoms with Gasteiger partial charge in [0.15, 0.2) is 5.11 Å². The Kier molecular flexibility index (Phi) is 8.18. The third-order valence-corrected chi connectivity index (χ3v) is 5.20. The lowest BCUT2D eigenvalue weighted by Crippen LogP contribution is -2.43. The second-order valence-corrected chi connectivity index (χ2v) is 7.52. The van der Waals surface area contributed by atoms with Crippen molar-refractivity contribution in [2.24, 2.45) is 0 Å². The van der Waals surface area contributed by atoms with Crippen molar-refractivity contribution in [1.29, 1.82) is 0 Å². The fraction of sp³-hybridized carbons (Fsp3) is 0.174. The summed E-state index contributed by atoms with van der Waals surface area (Å²) in [5.41, 5.74) is 3.05. The summed E-state index contributed by atoms with van der Waals surface area (Å²) in [4.78, 5) is 18.5. The second kappa shape index (κ2) is 11.3. The molecule has 0 aliphatic rings. The summed E-state index contributed by atoms with van der Waals surface area (Å²) in [6.45, 7) is 1.68. The summed E-state index contributed by atoms with van der Waals surface area (Å²) < 4.78 is 0. The van der Waals surface area contributed by atoms with E-state index in [-0.39, 0.29) is 12.5 Å². The maximum Gasteiger partial charge on any atom is 0.239 e. The van der Waals surface area contributed by atoms with Crippen molar-refractivity contribution >= 4 is 34.8 Å². The molecule has 0 atom stereocenters. The Bertz CT molecular complexity index is 928. The topological polar surface area (TPSA) is 57.3 Å². The number of pyridine rings is 1. The fourth-order valence-corrected chi connectivity index (χ4v) is 3.28. The molecule has 0 radical (unpaired) electrons. The van der Waals surface area contributed by atoms with Gasteiger partial charge in [0, 0.05) is 37.1 Å². The van der Waals surface area contributed by atoms with Gasteiger partial charge in [-0.05, 0) is 41.0 Å². The molecule has 0 spiro atoms. The lowest BCUT2D eigenvalue weighted by atomic mass is 10.2. The minimum Gasteiger partial charge on any atom is -0.353 e. The Labute approximate surface area is 187 Å². The van der Waals surface area contributed by atoms with Crippen molar-refractivity contribution in [2.75, 3.05) is 6.54 Å². The third-order valence-electron chi connectivity index (χ3n) is 4.43. The molecule has 0 unspecified atom stereocenters. The van der Waals surface area contributed by atoms with Gasteiger partial charge in [-0.3, -0.25) is 9.78 Å². The first-order valence-electron chi connectivity index (χ1n) is 9.57. The van der Waals surface area contributed by atoms with E-state index >= 15 is 0 Å². The number of benzene rings is 2. The molecular weight excluding hydrogens is 416 g/mol. The molecule has 0 aliphatic carbocycles. The smallest absolute Gasteiger partial charge is 0.239 e. The van der Waals surface area contributed by atoms with Crippen molar-refractivity contribution in [3.63, 3.8) is 0 Å². The highest BCUT2D eigenvalue weighted by Gasteiger charge is 2.13. The molecule has 0 bridgehead atoms. The van der Waals surface area contributed by atoms with Crippen LogP contribution in [0.15, 0.2) is 79.1 Å². The van der Waals surface area contributed by atoms with E-state index in [1.165, 1.54) is 0 Å². The van der Waals surface area contributed by atoms with Crippen LogP contribution in [0, 0.1) is 0 Å². The molecule has 1 amide bonds. The molecule has 0 fully saturated rings. The summed E-state index contributed by atoms with van der Waals surface area (Å²) in [6.07, 6.45) is 3.56. The molecule has 0 saturated heterocycles. The summed E-state index contributed by atoms with van der Waals surface area (Å²) in [7, 11) is 0. The fourth-order valence-electron chi connectivity index (χ4n) is 2.88. The first kappa shape index (κ1) is 21.7. The molecule has 0 aliphatic heterocycles. The Morgan fingerprint density at radius 2 is 1.63 bits per heavy atom. The predicted octanol–water partition coefficient (Wildman–Crippen LogP) is 3.93. The first-order valence-corrected chi connectivity index (χ1v) is 10.4. The highest BCUT2D eigenvalue weighted by molar-refractivity contribution is 7.80. The number of halogens is 1. The van der Waals surface area contributed by atoms with Crippen molar-refractivity contribution in [3.8, 4) is 0 Å². The molecule has 0 saturated carbocycles. The Morgan fingerprint density at radius 3 is 2.37 bits per heavy atom. The van der Waals surface area contributed by atoms with Gasteiger partial charge in [0.2, 0.25) is 5.91 Å². The van der Waals surface area contributed by atoms with Gasteiger partial charge in [0.25, 0.3) is 0 Å². The van der Waals surface area contributed by atoms with Gasteiger partial charge in [-0.15, -0.1) is 0 Å². The van der Waals surface area contributed by atoms with Crippen LogP contribution in [0.3, 0.4) is 0 Å². The van der Waals surface area contributed by atoms with E-state index < -0.39 is 0 Å². The number of aromatic nitrogens is 1. The highest BCUT2D eigenvalue weighted by atomic mass is 35.5. The maximum absolute atomic E-state index is 12.3. The number of carbonyl (C=O) groups is 1. The van der Waals surface area contributed by atoms with Gasteiger partial charge in [0.05, 0.1) is 6.54 Å². The minimum atomic E-state index is -0.154. The first-order chi connectivity index (χ1) is 14.6. The minimum absolute atomic E-state index is 0.0849. The molecule has 3 aromatic rings. The summed E-state index contributed by atoms with van der Waals surface area (Å²) in [6, 6.07) is 21.4. The third kappa shape index (κ3) is 6.83. The van der Waals surface area contributed by atoms with Crippen LogP contribution in [0.2, 0.25) is 5.02 Å². The van der Waals surface area contributed by atoms with E-state index in [4.69, 9.17) is 23.8 Å². The van der Waals surface area contributed by atoms with E-state index in [2.05, 4.69) is 27.8 Å². The van der Waals surface area contributed by atoms with Crippen LogP contribution in [-0.4, -0.2) is 27.4 Å². The van der Waals surface area contributed by atoms with Crippen LogP contribution in [0.25, 0.3) is 0 Å². The van der Waals surface area contributed by atoms with Crippen LogP contribution in [0.1, 0.15) is 16.7 Å². The van der Waals surface area contributed by atoms with E-state index in [1.54, 1.807) is 12.3 Å². The average Bonchev–Trinajstić information content (AvgIpc) is 2.78. The van der Waals surface area contributed by atoms with Crippen LogP contribution in [-0.2, 0) is 24.4 Å². The largest absolute Gasteiger partial charge is 0.353 e. The lowest BCUT2D eigenvalue weighted by Gasteiger charge is -2.26. The van der Waals surface area contributed by atoms with E-state index in [0.29, 0.717) is 29.8 Å². The molecule has 30 heavy (non-hydrogen) atoms. The number of nitrogens with one attached hydrogen (secondary N) is 2. The maximum atomic E-state index is 12.3. The number of nitrogens with zero attached hydrogens (tertiary/aromatic N) is 2. The van der Waals surface area contributed by atoms with Gasteiger partial charge >= 0.3 is 0 Å². The average molecular weight is 439 g/mol. The Morgan fingerprint density at radius 1 is 0.933 bits per heavy atom. The number of carbonyl (C=O) groups excluding carboxylic acids is 1. The Balaban J connectivity index is 1.56. The Hall–Kier alpha value is -2.96. The van der Waals surface area contributed by atoms with Crippen LogP contribution >= 0.6 is 23.8 Å². The molecule has 5 nitrogen and oxygen atoms in total. The number of hydrogen-bond donors (Lipinski definition) is 2. The molecule has 154 valence electrons. The zero-order chi connectivity index (χ0) is 21.2. The molecule has 2 aromatic carbocycles. The molecule has 2 N–H and O–H groups in total. The van der Waals surface area contributed by atoms with Gasteiger partial charge in [-0.1, -0.05) is 66.2 Å². The van der Waals surface area contributed by atoms with Crippen molar-refractivity contribution < 1.29 is 4.79 Å². The van der Waals surface area contributed by atoms with Crippen LogP contribution < -0.4 is 10.6 Å². The van der Waals surface area contributed by atoms with Crippen molar-refractivity contribution in [2.45, 2.75) is 19.6 Å². The predicted molar refractivity (Wildman–Crippen MR) is 124 cm³/mol. The van der Waals surface area contributed by atoms with Gasteiger partial charge in [-0.2, -0.15) is 0 Å². The molecule has 1 heterocycles. The monoisotopic (exact) mass is 438 g/mol. The number of rotatable bonds is 8. The zero-order valence-electron chi connectivity index (χ0n) is 16.4. The lowest BCUT2D eigenvalue weighted by molar-refractivity contribution is -0.120. The van der Waals surface area contributed by atoms with Gasteiger partial charge in [-0.25, -0.2) is 0 Å². The van der Waals surface area contributed by atoms with Crippen molar-refractivity contribution in [3.05, 3.63) is 101 Å². The summed E-state index contributed by atoms with van der Waals surface area (Å²) in [5.74, 6) is -0.154. The van der Waals surface area contributed by atoms with Crippen LogP contribution in [0.5, 0.6) is 0 Å². The second-order valence-electron chi connectivity index (χ2n) is 6.73. The van der Waals surface area contributed by atoms with Crippen molar-refractivity contribution in [1.82, 2.24) is 20.5 Å². The highest BCUT2D eigenvalue weighted by Crippen LogP contribution is 2.14. The van der Waals surface area contributed by atoms with E-state index in [9.17, 15) is 4.79 Å². The quantitative estimate of drug-likeness (QED) is 0.522. The molecular formula is C23H23ClN4OS. The normalized spacial score (nSPS) is 10.3. The number of thiocarbonyl (C=S) groups is 1. The van der Waals surface area contributed by atoms with Gasteiger partial charge < -0.3 is 15.5 Å². The molecule has 7 heteroatoms. The summed E-state index contributed by atoms with van der Waals surface area (Å²) >= 11 is 11.7. The molecule has 1 aromatic heterocycles. The van der Waals surface area contributed by atoms with E-state index in [0.717, 1.165) is 16.7 Å². The van der Waals surface area contributed by atoms with Gasteiger partial charge in [0.1, 0.15) is 0 Å². The number of amides is 1.